The molecule has 0 unspecified atom stereocenters. The molecule has 2 heterocycles. The topological polar surface area (TPSA) is 108 Å². The van der Waals surface area contributed by atoms with Crippen LogP contribution in [0.4, 0.5) is 0 Å². The van der Waals surface area contributed by atoms with Gasteiger partial charge in [-0.05, 0) is 24.3 Å². The van der Waals surface area contributed by atoms with Crippen LogP contribution in [0.5, 0.6) is 0 Å². The molecule has 27 heavy (non-hydrogen) atoms. The van der Waals surface area contributed by atoms with E-state index in [9.17, 15) is 14.4 Å². The zero-order valence-electron chi connectivity index (χ0n) is 13.7. The van der Waals surface area contributed by atoms with E-state index in [2.05, 4.69) is 0 Å². The number of hydrogen-bond donors (Lipinski definition) is 2. The summed E-state index contributed by atoms with van der Waals surface area (Å²) in [6.07, 6.45) is 1.37. The Balaban J connectivity index is 1.76. The summed E-state index contributed by atoms with van der Waals surface area (Å²) in [4.78, 5) is 35.6. The first kappa shape index (κ1) is 18.9. The molecule has 1 aromatic heterocycles. The molecule has 1 fully saturated rings. The lowest BCUT2D eigenvalue weighted by Gasteiger charge is -2.12. The maximum absolute atomic E-state index is 12.4. The molecule has 2 N–H and O–H groups in total. The normalized spacial score (nSPS) is 15.6. The van der Waals surface area contributed by atoms with Crippen molar-refractivity contribution in [1.82, 2.24) is 4.90 Å². The fourth-order valence-electron chi connectivity index (χ4n) is 2.39. The molecule has 1 aliphatic rings. The quantitative estimate of drug-likeness (QED) is 0.559. The predicted octanol–water partition coefficient (Wildman–Crippen LogP) is 3.32. The van der Waals surface area contributed by atoms with Crippen LogP contribution in [-0.4, -0.2) is 43.8 Å². The van der Waals surface area contributed by atoms with Gasteiger partial charge in [-0.25, -0.2) is 4.79 Å². The van der Waals surface area contributed by atoms with Gasteiger partial charge in [0.1, 0.15) is 15.8 Å². The Morgan fingerprint density at radius 2 is 1.85 bits per heavy atom. The van der Waals surface area contributed by atoms with E-state index in [0.717, 1.165) is 11.8 Å². The zero-order chi connectivity index (χ0) is 19.6. The van der Waals surface area contributed by atoms with E-state index in [0.29, 0.717) is 26.3 Å². The van der Waals surface area contributed by atoms with E-state index in [1.165, 1.54) is 17.0 Å². The van der Waals surface area contributed by atoms with Gasteiger partial charge >= 0.3 is 11.9 Å². The molecule has 0 aliphatic carbocycles. The molecule has 138 valence electrons. The maximum atomic E-state index is 12.4. The highest BCUT2D eigenvalue weighted by molar-refractivity contribution is 8.26. The average molecular weight is 403 g/mol. The summed E-state index contributed by atoms with van der Waals surface area (Å²) in [5, 5.41) is 17.7. The molecule has 2 aromatic rings. The lowest BCUT2D eigenvalue weighted by Crippen LogP contribution is -2.30. The maximum Gasteiger partial charge on any atom is 0.335 e. The minimum Gasteiger partial charge on any atom is -0.481 e. The third-order valence-electron chi connectivity index (χ3n) is 3.74. The van der Waals surface area contributed by atoms with Gasteiger partial charge in [0.25, 0.3) is 5.91 Å². The third kappa shape index (κ3) is 4.26. The Labute approximate surface area is 163 Å². The van der Waals surface area contributed by atoms with Crippen molar-refractivity contribution in [3.8, 4) is 11.3 Å². The van der Waals surface area contributed by atoms with Crippen LogP contribution in [0.25, 0.3) is 17.4 Å². The second-order valence-electron chi connectivity index (χ2n) is 5.56. The summed E-state index contributed by atoms with van der Waals surface area (Å²) >= 11 is 6.22. The Morgan fingerprint density at radius 1 is 1.15 bits per heavy atom. The Bertz CT molecular complexity index is 960. The standard InChI is InChI=1S/C18H13NO6S2/c20-15(21)7-8-19-16(22)14(27-18(19)26)9-12-5-6-13(25-12)10-1-3-11(4-2-10)17(23)24/h1-6,9H,7-8H2,(H,20,21)(H,23,24)/b14-9-. The number of carboxylic acid groups (broad SMARTS) is 2. The molecule has 0 atom stereocenters. The monoisotopic (exact) mass is 403 g/mol. The number of amides is 1. The van der Waals surface area contributed by atoms with E-state index < -0.39 is 11.9 Å². The number of thioether (sulfide) groups is 1. The van der Waals surface area contributed by atoms with Crippen molar-refractivity contribution in [1.29, 1.82) is 0 Å². The van der Waals surface area contributed by atoms with Crippen molar-refractivity contribution >= 4 is 52.2 Å². The van der Waals surface area contributed by atoms with Gasteiger partial charge in [-0.15, -0.1) is 0 Å². The fourth-order valence-corrected chi connectivity index (χ4v) is 3.68. The van der Waals surface area contributed by atoms with Crippen molar-refractivity contribution in [2.75, 3.05) is 6.54 Å². The van der Waals surface area contributed by atoms with E-state index >= 15 is 0 Å². The van der Waals surface area contributed by atoms with Gasteiger partial charge in [0.2, 0.25) is 0 Å². The Morgan fingerprint density at radius 3 is 2.48 bits per heavy atom. The van der Waals surface area contributed by atoms with Gasteiger partial charge < -0.3 is 14.6 Å². The second-order valence-corrected chi connectivity index (χ2v) is 7.24. The molecule has 0 saturated carbocycles. The summed E-state index contributed by atoms with van der Waals surface area (Å²) in [6, 6.07) is 9.63. The molecule has 9 heteroatoms. The minimum absolute atomic E-state index is 0.0245. The lowest BCUT2D eigenvalue weighted by atomic mass is 10.1. The van der Waals surface area contributed by atoms with Gasteiger partial charge in [-0.3, -0.25) is 14.5 Å². The molecule has 1 saturated heterocycles. The van der Waals surface area contributed by atoms with E-state index in [1.54, 1.807) is 30.3 Å². The SMILES string of the molecule is O=C(O)CCN1C(=O)/C(=C/c2ccc(-c3ccc(C(=O)O)cc3)o2)SC1=S. The lowest BCUT2D eigenvalue weighted by molar-refractivity contribution is -0.137. The van der Waals surface area contributed by atoms with Crippen LogP contribution in [0.15, 0.2) is 45.7 Å². The van der Waals surface area contributed by atoms with E-state index in [-0.39, 0.29) is 24.4 Å². The number of rotatable bonds is 6. The molecule has 0 bridgehead atoms. The molecule has 1 aromatic carbocycles. The molecular formula is C18H13NO6S2. The van der Waals surface area contributed by atoms with Crippen molar-refractivity contribution < 1.29 is 29.0 Å². The van der Waals surface area contributed by atoms with Crippen molar-refractivity contribution in [2.45, 2.75) is 6.42 Å². The van der Waals surface area contributed by atoms with Crippen LogP contribution in [-0.2, 0) is 9.59 Å². The molecule has 7 nitrogen and oxygen atoms in total. The number of hydrogen-bond acceptors (Lipinski definition) is 6. The fraction of sp³-hybridized carbons (Fsp3) is 0.111. The number of carboxylic acids is 2. The number of furan rings is 1. The minimum atomic E-state index is -1.01. The molecule has 0 radical (unpaired) electrons. The average Bonchev–Trinajstić information content (AvgIpc) is 3.19. The van der Waals surface area contributed by atoms with Crippen LogP contribution in [0.1, 0.15) is 22.5 Å². The number of thiocarbonyl (C=S) groups is 1. The Kier molecular flexibility index (Phi) is 5.43. The summed E-state index contributed by atoms with van der Waals surface area (Å²) in [5.74, 6) is -1.40. The number of carbonyl (C=O) groups excluding carboxylic acids is 1. The summed E-state index contributed by atoms with van der Waals surface area (Å²) in [6.45, 7) is 0.0245. The van der Waals surface area contributed by atoms with Gasteiger partial charge in [-0.2, -0.15) is 0 Å². The first-order valence-electron chi connectivity index (χ1n) is 7.76. The van der Waals surface area contributed by atoms with Crippen LogP contribution in [0, 0.1) is 0 Å². The zero-order valence-corrected chi connectivity index (χ0v) is 15.4. The highest BCUT2D eigenvalue weighted by Crippen LogP contribution is 2.33. The van der Waals surface area contributed by atoms with Crippen LogP contribution < -0.4 is 0 Å². The smallest absolute Gasteiger partial charge is 0.335 e. The predicted molar refractivity (Wildman–Crippen MR) is 103 cm³/mol. The second kappa shape index (κ2) is 7.77. The Hall–Kier alpha value is -2.91. The number of aliphatic carboxylic acids is 1. The number of aromatic carboxylic acids is 1. The van der Waals surface area contributed by atoms with Crippen LogP contribution in [0.2, 0.25) is 0 Å². The molecular weight excluding hydrogens is 390 g/mol. The molecule has 1 aliphatic heterocycles. The van der Waals surface area contributed by atoms with Gasteiger partial charge in [-0.1, -0.05) is 36.1 Å². The largest absolute Gasteiger partial charge is 0.481 e. The summed E-state index contributed by atoms with van der Waals surface area (Å²) < 4.78 is 6.01. The number of benzene rings is 1. The first-order chi connectivity index (χ1) is 12.8. The van der Waals surface area contributed by atoms with Crippen molar-refractivity contribution in [2.24, 2.45) is 0 Å². The van der Waals surface area contributed by atoms with E-state index in [1.807, 2.05) is 0 Å². The number of nitrogens with zero attached hydrogens (tertiary/aromatic N) is 1. The van der Waals surface area contributed by atoms with Crippen molar-refractivity contribution in [3.63, 3.8) is 0 Å². The van der Waals surface area contributed by atoms with Crippen molar-refractivity contribution in [3.05, 3.63) is 52.6 Å². The highest BCUT2D eigenvalue weighted by atomic mass is 32.2. The van der Waals surface area contributed by atoms with Crippen LogP contribution in [0.3, 0.4) is 0 Å². The van der Waals surface area contributed by atoms with E-state index in [4.69, 9.17) is 26.8 Å². The van der Waals surface area contributed by atoms with Gasteiger partial charge in [0, 0.05) is 18.2 Å². The summed E-state index contributed by atoms with van der Waals surface area (Å²) in [5.41, 5.74) is 0.879. The highest BCUT2D eigenvalue weighted by Gasteiger charge is 2.32. The van der Waals surface area contributed by atoms with Gasteiger partial charge in [0.15, 0.2) is 0 Å². The molecule has 3 rings (SSSR count). The first-order valence-corrected chi connectivity index (χ1v) is 8.98. The molecule has 1 amide bonds. The van der Waals surface area contributed by atoms with Crippen LogP contribution >= 0.6 is 24.0 Å². The third-order valence-corrected chi connectivity index (χ3v) is 5.12. The molecule has 0 spiro atoms. The number of carbonyl (C=O) groups is 3. The van der Waals surface area contributed by atoms with Gasteiger partial charge in [0.05, 0.1) is 16.9 Å². The summed E-state index contributed by atoms with van der Waals surface area (Å²) in [7, 11) is 0.